The summed E-state index contributed by atoms with van der Waals surface area (Å²) in [6, 6.07) is 3.86. The number of benzene rings is 1. The number of methoxy groups -OCH3 is 2. The minimum Gasteiger partial charge on any atom is -0.493 e. The molecule has 136 valence electrons. The molecule has 0 atom stereocenters. The third-order valence-electron chi connectivity index (χ3n) is 3.37. The van der Waals surface area contributed by atoms with E-state index >= 15 is 0 Å². The second-order valence-corrected chi connectivity index (χ2v) is 6.96. The second kappa shape index (κ2) is 12.3. The number of thioether (sulfide) groups is 1. The Balaban J connectivity index is 2.71. The van der Waals surface area contributed by atoms with E-state index < -0.39 is 0 Å². The van der Waals surface area contributed by atoms with Gasteiger partial charge in [-0.1, -0.05) is 15.9 Å². The third kappa shape index (κ3) is 7.21. The zero-order chi connectivity index (χ0) is 17.8. The van der Waals surface area contributed by atoms with Crippen LogP contribution in [-0.4, -0.2) is 45.3 Å². The summed E-state index contributed by atoms with van der Waals surface area (Å²) in [6.45, 7) is 4.39. The van der Waals surface area contributed by atoms with E-state index in [1.165, 1.54) is 12.2 Å². The third-order valence-corrected chi connectivity index (χ3v) is 4.81. The highest BCUT2D eigenvalue weighted by Gasteiger charge is 2.09. The summed E-state index contributed by atoms with van der Waals surface area (Å²) in [7, 11) is 3.27. The molecule has 0 unspecified atom stereocenters. The van der Waals surface area contributed by atoms with Crippen molar-refractivity contribution >= 4 is 33.7 Å². The fraction of sp³-hybridized carbons (Fsp3) is 0.588. The van der Waals surface area contributed by atoms with Gasteiger partial charge in [0.1, 0.15) is 0 Å². The monoisotopic (exact) mass is 417 g/mol. The lowest BCUT2D eigenvalue weighted by molar-refractivity contribution is 0.354. The molecular weight excluding hydrogens is 390 g/mol. The van der Waals surface area contributed by atoms with Crippen LogP contribution in [0.1, 0.15) is 25.3 Å². The van der Waals surface area contributed by atoms with Gasteiger partial charge in [0, 0.05) is 17.6 Å². The second-order valence-electron chi connectivity index (χ2n) is 5.12. The van der Waals surface area contributed by atoms with Crippen LogP contribution < -0.4 is 20.1 Å². The number of nitrogens with one attached hydrogen (secondary N) is 2. The molecule has 0 spiro atoms. The average molecular weight is 418 g/mol. The van der Waals surface area contributed by atoms with Gasteiger partial charge in [0.25, 0.3) is 0 Å². The van der Waals surface area contributed by atoms with Gasteiger partial charge < -0.3 is 20.1 Å². The molecule has 0 radical (unpaired) electrons. The van der Waals surface area contributed by atoms with E-state index in [9.17, 15) is 0 Å². The van der Waals surface area contributed by atoms with E-state index in [2.05, 4.69) is 44.7 Å². The van der Waals surface area contributed by atoms with Gasteiger partial charge in [-0.05, 0) is 49.5 Å². The Kier molecular flexibility index (Phi) is 10.7. The Morgan fingerprint density at radius 2 is 1.88 bits per heavy atom. The molecule has 0 bridgehead atoms. The summed E-state index contributed by atoms with van der Waals surface area (Å²) in [6.07, 6.45) is 4.50. The lowest BCUT2D eigenvalue weighted by Crippen LogP contribution is -2.37. The van der Waals surface area contributed by atoms with Crippen LogP contribution in [0.5, 0.6) is 11.5 Å². The lowest BCUT2D eigenvalue weighted by atomic mass is 10.2. The highest BCUT2D eigenvalue weighted by Crippen LogP contribution is 2.33. The van der Waals surface area contributed by atoms with Crippen LogP contribution in [0, 0.1) is 0 Å². The first kappa shape index (κ1) is 21.0. The highest BCUT2D eigenvalue weighted by atomic mass is 79.9. The molecule has 0 aliphatic carbocycles. The number of hydrogen-bond donors (Lipinski definition) is 2. The molecule has 0 saturated carbocycles. The predicted octanol–water partition coefficient (Wildman–Crippen LogP) is 3.66. The zero-order valence-corrected chi connectivity index (χ0v) is 17.3. The summed E-state index contributed by atoms with van der Waals surface area (Å²) in [5.74, 6) is 3.45. The van der Waals surface area contributed by atoms with Gasteiger partial charge in [0.2, 0.25) is 0 Å². The fourth-order valence-corrected chi connectivity index (χ4v) is 3.04. The number of nitrogens with zero attached hydrogens (tertiary/aromatic N) is 1. The van der Waals surface area contributed by atoms with Crippen LogP contribution in [0.25, 0.3) is 0 Å². The van der Waals surface area contributed by atoms with Crippen molar-refractivity contribution in [2.45, 2.75) is 26.3 Å². The molecule has 1 rings (SSSR count). The molecule has 0 aromatic heterocycles. The molecule has 1 aromatic rings. The molecule has 0 saturated heterocycles. The van der Waals surface area contributed by atoms with Crippen molar-refractivity contribution in [3.63, 3.8) is 0 Å². The predicted molar refractivity (Wildman–Crippen MR) is 108 cm³/mol. The van der Waals surface area contributed by atoms with Crippen LogP contribution in [0.3, 0.4) is 0 Å². The number of hydrogen-bond acceptors (Lipinski definition) is 4. The molecule has 0 aliphatic heterocycles. The lowest BCUT2D eigenvalue weighted by Gasteiger charge is -2.13. The number of unbranched alkanes of at least 4 members (excludes halogenated alkanes) is 1. The van der Waals surface area contributed by atoms with Crippen molar-refractivity contribution in [3.8, 4) is 11.5 Å². The normalized spacial score (nSPS) is 11.3. The van der Waals surface area contributed by atoms with Crippen molar-refractivity contribution in [2.75, 3.05) is 39.3 Å². The van der Waals surface area contributed by atoms with Gasteiger partial charge in [-0.2, -0.15) is 11.8 Å². The quantitative estimate of drug-likeness (QED) is 0.345. The van der Waals surface area contributed by atoms with Crippen LogP contribution >= 0.6 is 27.7 Å². The van der Waals surface area contributed by atoms with Gasteiger partial charge in [-0.3, -0.25) is 0 Å². The molecule has 0 aliphatic rings. The first-order valence-corrected chi connectivity index (χ1v) is 10.3. The van der Waals surface area contributed by atoms with E-state index in [-0.39, 0.29) is 0 Å². The number of aliphatic imine (C=N–C) groups is 1. The highest BCUT2D eigenvalue weighted by molar-refractivity contribution is 9.10. The molecule has 1 aromatic carbocycles. The topological polar surface area (TPSA) is 54.9 Å². The number of rotatable bonds is 10. The Labute approximate surface area is 158 Å². The first-order valence-electron chi connectivity index (χ1n) is 8.07. The van der Waals surface area contributed by atoms with Gasteiger partial charge in [-0.25, -0.2) is 4.99 Å². The van der Waals surface area contributed by atoms with Crippen molar-refractivity contribution < 1.29 is 9.47 Å². The fourth-order valence-electron chi connectivity index (χ4n) is 2.10. The number of guanidine groups is 1. The molecule has 5 nitrogen and oxygen atoms in total. The molecule has 24 heavy (non-hydrogen) atoms. The van der Waals surface area contributed by atoms with Gasteiger partial charge in [0.15, 0.2) is 17.5 Å². The van der Waals surface area contributed by atoms with Crippen molar-refractivity contribution in [2.24, 2.45) is 4.99 Å². The molecule has 0 heterocycles. The van der Waals surface area contributed by atoms with E-state index in [1.54, 1.807) is 14.2 Å². The van der Waals surface area contributed by atoms with E-state index in [1.807, 2.05) is 23.9 Å². The maximum absolute atomic E-state index is 5.36. The summed E-state index contributed by atoms with van der Waals surface area (Å²) in [5, 5.41) is 6.66. The van der Waals surface area contributed by atoms with Gasteiger partial charge >= 0.3 is 0 Å². The molecular formula is C17H28BrN3O2S. The SMILES string of the molecule is CCNC(=NCc1cc(OC)c(OC)cc1Br)NCCCCSC. The zero-order valence-electron chi connectivity index (χ0n) is 14.9. The summed E-state index contributed by atoms with van der Waals surface area (Å²) >= 11 is 5.46. The van der Waals surface area contributed by atoms with Crippen LogP contribution in [0.4, 0.5) is 0 Å². The molecule has 2 N–H and O–H groups in total. The minimum atomic E-state index is 0.557. The van der Waals surface area contributed by atoms with Crippen molar-refractivity contribution in [1.82, 2.24) is 10.6 Å². The molecule has 7 heteroatoms. The Hall–Kier alpha value is -1.08. The van der Waals surface area contributed by atoms with E-state index in [0.717, 1.165) is 35.5 Å². The van der Waals surface area contributed by atoms with Gasteiger partial charge in [0.05, 0.1) is 20.8 Å². The summed E-state index contributed by atoms with van der Waals surface area (Å²) in [4.78, 5) is 4.66. The van der Waals surface area contributed by atoms with Crippen LogP contribution in [-0.2, 0) is 6.54 Å². The standard InChI is InChI=1S/C17H28BrN3O2S/c1-5-19-17(20-8-6-7-9-24-4)21-12-13-10-15(22-2)16(23-3)11-14(13)18/h10-11H,5-9,12H2,1-4H3,(H2,19,20,21). The maximum Gasteiger partial charge on any atom is 0.191 e. The largest absolute Gasteiger partial charge is 0.493 e. The summed E-state index contributed by atoms with van der Waals surface area (Å²) in [5.41, 5.74) is 1.05. The van der Waals surface area contributed by atoms with Crippen LogP contribution in [0.15, 0.2) is 21.6 Å². The first-order chi connectivity index (χ1) is 11.7. The van der Waals surface area contributed by atoms with E-state index in [4.69, 9.17) is 9.47 Å². The molecule has 0 amide bonds. The van der Waals surface area contributed by atoms with Gasteiger partial charge in [-0.15, -0.1) is 0 Å². The molecule has 0 fully saturated rings. The summed E-state index contributed by atoms with van der Waals surface area (Å²) < 4.78 is 11.6. The number of halogens is 1. The Morgan fingerprint density at radius 1 is 1.17 bits per heavy atom. The average Bonchev–Trinajstić information content (AvgIpc) is 2.59. The minimum absolute atomic E-state index is 0.557. The smallest absolute Gasteiger partial charge is 0.191 e. The number of ether oxygens (including phenoxy) is 2. The Bertz CT molecular complexity index is 527. The van der Waals surface area contributed by atoms with Crippen molar-refractivity contribution in [1.29, 1.82) is 0 Å². The van der Waals surface area contributed by atoms with E-state index in [0.29, 0.717) is 18.0 Å². The Morgan fingerprint density at radius 3 is 2.50 bits per heavy atom. The van der Waals surface area contributed by atoms with Crippen LogP contribution in [0.2, 0.25) is 0 Å². The maximum atomic E-state index is 5.36. The van der Waals surface area contributed by atoms with Crippen molar-refractivity contribution in [3.05, 3.63) is 22.2 Å².